The van der Waals surface area contributed by atoms with Gasteiger partial charge in [-0.3, -0.25) is 18.1 Å². The lowest BCUT2D eigenvalue weighted by Crippen LogP contribution is -2.44. The number of ether oxygens (including phenoxy) is 1. The maximum absolute atomic E-state index is 13.1. The second kappa shape index (κ2) is 8.92. The quantitative estimate of drug-likeness (QED) is 0.428. The van der Waals surface area contributed by atoms with Gasteiger partial charge in [0.25, 0.3) is 0 Å². The molecule has 5 rings (SSSR count). The Morgan fingerprint density at radius 2 is 2.23 bits per heavy atom. The van der Waals surface area contributed by atoms with Crippen molar-refractivity contribution in [2.24, 2.45) is 0 Å². The van der Waals surface area contributed by atoms with Crippen molar-refractivity contribution < 1.29 is 33.1 Å². The lowest BCUT2D eigenvalue weighted by molar-refractivity contribution is -0.0953. The van der Waals surface area contributed by atoms with Crippen LogP contribution < -0.4 is 5.73 Å². The molecule has 0 aliphatic carbocycles. The number of phosphoric ester groups is 1. The van der Waals surface area contributed by atoms with Crippen LogP contribution in [0.3, 0.4) is 0 Å². The smallest absolute Gasteiger partial charge is 0.387 e. The van der Waals surface area contributed by atoms with Crippen molar-refractivity contribution in [1.29, 1.82) is 5.26 Å². The van der Waals surface area contributed by atoms with E-state index >= 15 is 0 Å². The molecular formula is C21H23N6O7P. The first kappa shape index (κ1) is 23.8. The Balaban J connectivity index is 1.31. The zero-order valence-electron chi connectivity index (χ0n) is 18.6. The van der Waals surface area contributed by atoms with E-state index in [-0.39, 0.29) is 19.0 Å². The minimum absolute atomic E-state index is 0.106. The predicted molar refractivity (Wildman–Crippen MR) is 119 cm³/mol. The summed E-state index contributed by atoms with van der Waals surface area (Å²) < 4.78 is 36.9. The number of fused-ring (bicyclic) bond motifs is 1. The van der Waals surface area contributed by atoms with E-state index in [4.69, 9.17) is 29.3 Å². The summed E-state index contributed by atoms with van der Waals surface area (Å²) in [6.07, 6.45) is -1.14. The van der Waals surface area contributed by atoms with Crippen LogP contribution in [0.5, 0.6) is 0 Å². The Morgan fingerprint density at radius 3 is 3.03 bits per heavy atom. The van der Waals surface area contributed by atoms with Gasteiger partial charge in [0.15, 0.2) is 17.7 Å². The molecule has 2 fully saturated rings. The van der Waals surface area contributed by atoms with E-state index in [0.29, 0.717) is 28.7 Å². The van der Waals surface area contributed by atoms with Gasteiger partial charge in [0, 0.05) is 6.42 Å². The highest BCUT2D eigenvalue weighted by Crippen LogP contribution is 2.57. The minimum atomic E-state index is -4.02. The summed E-state index contributed by atoms with van der Waals surface area (Å²) in [4.78, 5) is 12.2. The van der Waals surface area contributed by atoms with Crippen molar-refractivity contribution in [3.8, 4) is 6.07 Å². The number of aromatic nitrogens is 4. The highest BCUT2D eigenvalue weighted by atomic mass is 31.2. The number of hydrogen-bond acceptors (Lipinski definition) is 12. The fourth-order valence-corrected chi connectivity index (χ4v) is 5.59. The molecule has 35 heavy (non-hydrogen) atoms. The molecule has 6 atom stereocenters. The number of anilines is 1. The number of nitriles is 1. The Kier molecular flexibility index (Phi) is 6.06. The summed E-state index contributed by atoms with van der Waals surface area (Å²) in [6, 6.07) is 8.83. The minimum Gasteiger partial charge on any atom is -0.387 e. The number of aliphatic hydroxyl groups is 2. The number of nitrogen functional groups attached to an aromatic ring is 1. The largest absolute Gasteiger partial charge is 0.475 e. The number of nitrogens with zero attached hydrogens (tertiary/aromatic N) is 5. The highest BCUT2D eigenvalue weighted by molar-refractivity contribution is 7.48. The maximum Gasteiger partial charge on any atom is 0.475 e. The fraction of sp³-hybridized carbons (Fsp3) is 0.429. The molecule has 2 aliphatic heterocycles. The Hall–Kier alpha value is -2.95. The lowest BCUT2D eigenvalue weighted by Gasteiger charge is -2.30. The molecule has 4 N–H and O–H groups in total. The molecule has 14 heteroatoms. The molecule has 2 aliphatic rings. The fourth-order valence-electron chi connectivity index (χ4n) is 4.20. The summed E-state index contributed by atoms with van der Waals surface area (Å²) in [5.41, 5.74) is 5.81. The van der Waals surface area contributed by atoms with Crippen LogP contribution in [0.25, 0.3) is 11.2 Å². The normalized spacial score (nSPS) is 33.1. The van der Waals surface area contributed by atoms with Crippen LogP contribution >= 0.6 is 7.82 Å². The SMILES string of the molecule is C[C@@]1(O)[C@H](O)[C@@H](COP2(=O)OCC[C@@H](c3cccc(C#N)c3)O2)O[C@H]1n1cnc2c(N)ncnc21. The van der Waals surface area contributed by atoms with E-state index in [1.807, 2.05) is 0 Å². The van der Waals surface area contributed by atoms with Crippen LogP contribution in [0.4, 0.5) is 5.82 Å². The summed E-state index contributed by atoms with van der Waals surface area (Å²) in [5, 5.41) is 30.9. The number of nitrogens with two attached hydrogens (primary N) is 1. The summed E-state index contributed by atoms with van der Waals surface area (Å²) in [7, 11) is -4.02. The van der Waals surface area contributed by atoms with Crippen LogP contribution in [0.2, 0.25) is 0 Å². The number of hydrogen-bond donors (Lipinski definition) is 3. The van der Waals surface area contributed by atoms with Crippen molar-refractivity contribution in [3.63, 3.8) is 0 Å². The van der Waals surface area contributed by atoms with E-state index in [1.165, 1.54) is 24.1 Å². The molecule has 2 saturated heterocycles. The van der Waals surface area contributed by atoms with Crippen LogP contribution in [0.15, 0.2) is 36.9 Å². The number of aliphatic hydroxyl groups excluding tert-OH is 1. The average Bonchev–Trinajstić information content (AvgIpc) is 3.37. The van der Waals surface area contributed by atoms with Gasteiger partial charge in [0.1, 0.15) is 29.7 Å². The Labute approximate surface area is 199 Å². The molecule has 0 radical (unpaired) electrons. The first-order valence-electron chi connectivity index (χ1n) is 10.8. The molecule has 2 aromatic heterocycles. The topological polar surface area (TPSA) is 188 Å². The van der Waals surface area contributed by atoms with E-state index in [2.05, 4.69) is 21.0 Å². The molecule has 3 aromatic rings. The van der Waals surface area contributed by atoms with Crippen molar-refractivity contribution in [1.82, 2.24) is 19.5 Å². The number of phosphoric acid groups is 1. The molecule has 1 unspecified atom stereocenters. The molecule has 0 bridgehead atoms. The number of imidazole rings is 1. The first-order chi connectivity index (χ1) is 16.7. The van der Waals surface area contributed by atoms with Gasteiger partial charge in [-0.25, -0.2) is 19.5 Å². The zero-order chi connectivity index (χ0) is 24.8. The molecule has 0 saturated carbocycles. The highest BCUT2D eigenvalue weighted by Gasteiger charge is 2.54. The average molecular weight is 502 g/mol. The summed E-state index contributed by atoms with van der Waals surface area (Å²) in [6.45, 7) is 1.11. The maximum atomic E-state index is 13.1. The van der Waals surface area contributed by atoms with Gasteiger partial charge in [-0.2, -0.15) is 5.26 Å². The lowest BCUT2D eigenvalue weighted by atomic mass is 9.96. The second-order valence-corrected chi connectivity index (χ2v) is 10.1. The van der Waals surface area contributed by atoms with Crippen LogP contribution in [-0.2, 0) is 22.9 Å². The third kappa shape index (κ3) is 4.30. The van der Waals surface area contributed by atoms with Crippen molar-refractivity contribution in [2.45, 2.75) is 43.5 Å². The van der Waals surface area contributed by atoms with E-state index in [1.54, 1.807) is 24.3 Å². The van der Waals surface area contributed by atoms with Gasteiger partial charge in [-0.15, -0.1) is 0 Å². The summed E-state index contributed by atoms with van der Waals surface area (Å²) >= 11 is 0. The van der Waals surface area contributed by atoms with Gasteiger partial charge < -0.3 is 20.7 Å². The molecule has 0 spiro atoms. The first-order valence-corrected chi connectivity index (χ1v) is 12.2. The van der Waals surface area contributed by atoms with Gasteiger partial charge in [0.05, 0.1) is 37.3 Å². The van der Waals surface area contributed by atoms with Gasteiger partial charge in [0.2, 0.25) is 0 Å². The molecule has 13 nitrogen and oxygen atoms in total. The second-order valence-electron chi connectivity index (χ2n) is 8.48. The van der Waals surface area contributed by atoms with Crippen LogP contribution in [0, 0.1) is 11.3 Å². The number of rotatable bonds is 5. The van der Waals surface area contributed by atoms with Crippen molar-refractivity contribution in [3.05, 3.63) is 48.0 Å². The molecular weight excluding hydrogens is 479 g/mol. The third-order valence-electron chi connectivity index (χ3n) is 6.06. The summed E-state index contributed by atoms with van der Waals surface area (Å²) in [5.74, 6) is 0.159. The van der Waals surface area contributed by atoms with E-state index in [9.17, 15) is 14.8 Å². The van der Waals surface area contributed by atoms with Crippen LogP contribution in [0.1, 0.15) is 36.8 Å². The molecule has 184 valence electrons. The molecule has 0 amide bonds. The zero-order valence-corrected chi connectivity index (χ0v) is 19.5. The third-order valence-corrected chi connectivity index (χ3v) is 7.54. The standard InChI is InChI=1S/C21H23N6O7P/c1-21(29)17(28)15(33-20(21)27-11-26-16-18(23)24-10-25-19(16)27)9-32-35(30)31-6-5-14(34-35)13-4-2-3-12(7-13)8-22/h2-4,7,10-11,14-15,17,20,28-29H,5-6,9H2,1H3,(H2,23,24,25)/t14-,15+,17+,20+,21+,35?/m0/s1. The van der Waals surface area contributed by atoms with Crippen LogP contribution in [-0.4, -0.2) is 60.8 Å². The molecule has 4 heterocycles. The van der Waals surface area contributed by atoms with Gasteiger partial charge in [-0.05, 0) is 24.6 Å². The Bertz CT molecular complexity index is 1340. The van der Waals surface area contributed by atoms with Crippen molar-refractivity contribution in [2.75, 3.05) is 18.9 Å². The predicted octanol–water partition coefficient (Wildman–Crippen LogP) is 1.59. The monoisotopic (exact) mass is 502 g/mol. The van der Waals surface area contributed by atoms with Gasteiger partial charge in [-0.1, -0.05) is 12.1 Å². The van der Waals surface area contributed by atoms with Crippen molar-refractivity contribution >= 4 is 24.8 Å². The van der Waals surface area contributed by atoms with E-state index in [0.717, 1.165) is 0 Å². The number of benzene rings is 1. The van der Waals surface area contributed by atoms with Gasteiger partial charge >= 0.3 is 7.82 Å². The molecule has 1 aromatic carbocycles. The Morgan fingerprint density at radius 1 is 1.40 bits per heavy atom. The van der Waals surface area contributed by atoms with E-state index < -0.39 is 38.0 Å².